The Labute approximate surface area is 96.9 Å². The molecule has 16 heavy (non-hydrogen) atoms. The second-order valence-electron chi connectivity index (χ2n) is 3.65. The first kappa shape index (κ1) is 13.2. The van der Waals surface area contributed by atoms with E-state index in [1.807, 2.05) is 19.9 Å². The summed E-state index contributed by atoms with van der Waals surface area (Å²) in [6.07, 6.45) is 3.58. The quantitative estimate of drug-likeness (QED) is 0.653. The van der Waals surface area contributed by atoms with Gasteiger partial charge in [-0.15, -0.1) is 0 Å². The molecule has 0 radical (unpaired) electrons. The zero-order chi connectivity index (χ0) is 11.6. The maximum atomic E-state index is 5.55. The van der Waals surface area contributed by atoms with Crippen LogP contribution < -0.4 is 5.32 Å². The lowest BCUT2D eigenvalue weighted by molar-refractivity contribution is -0.00195. The summed E-state index contributed by atoms with van der Waals surface area (Å²) in [7, 11) is 0. The summed E-state index contributed by atoms with van der Waals surface area (Å²) in [4.78, 5) is 0. The Morgan fingerprint density at radius 2 is 2.38 bits per heavy atom. The van der Waals surface area contributed by atoms with Crippen LogP contribution in [0.5, 0.6) is 0 Å². The summed E-state index contributed by atoms with van der Waals surface area (Å²) in [6, 6.07) is 1.95. The summed E-state index contributed by atoms with van der Waals surface area (Å²) >= 11 is 0. The molecule has 92 valence electrons. The van der Waals surface area contributed by atoms with Crippen molar-refractivity contribution in [3.05, 3.63) is 24.2 Å². The Morgan fingerprint density at radius 3 is 3.06 bits per heavy atom. The molecule has 0 saturated carbocycles. The minimum atomic E-state index is 0.163. The molecule has 0 aliphatic heterocycles. The molecule has 1 unspecified atom stereocenters. The van der Waals surface area contributed by atoms with Crippen LogP contribution in [-0.2, 0) is 16.0 Å². The molecule has 0 bridgehead atoms. The van der Waals surface area contributed by atoms with Crippen LogP contribution in [0.4, 0.5) is 0 Å². The van der Waals surface area contributed by atoms with Gasteiger partial charge in [-0.2, -0.15) is 0 Å². The summed E-state index contributed by atoms with van der Waals surface area (Å²) in [5, 5.41) is 3.27. The summed E-state index contributed by atoms with van der Waals surface area (Å²) in [6.45, 7) is 7.77. The van der Waals surface area contributed by atoms with Gasteiger partial charge in [-0.3, -0.25) is 0 Å². The summed E-state index contributed by atoms with van der Waals surface area (Å²) < 4.78 is 15.8. The number of rotatable bonds is 9. The van der Waals surface area contributed by atoms with Gasteiger partial charge in [0.15, 0.2) is 0 Å². The molecule has 0 aliphatic rings. The minimum Gasteiger partial charge on any atom is -0.472 e. The first-order valence-electron chi connectivity index (χ1n) is 5.74. The maximum Gasteiger partial charge on any atom is 0.0947 e. The van der Waals surface area contributed by atoms with E-state index in [0.717, 1.165) is 25.3 Å². The van der Waals surface area contributed by atoms with Crippen molar-refractivity contribution in [1.82, 2.24) is 5.32 Å². The van der Waals surface area contributed by atoms with Crippen molar-refractivity contribution in [1.29, 1.82) is 0 Å². The summed E-state index contributed by atoms with van der Waals surface area (Å²) in [5.41, 5.74) is 1.15. The van der Waals surface area contributed by atoms with Gasteiger partial charge in [-0.1, -0.05) is 0 Å². The van der Waals surface area contributed by atoms with Gasteiger partial charge in [-0.05, 0) is 19.9 Å². The van der Waals surface area contributed by atoms with Crippen LogP contribution >= 0.6 is 0 Å². The molecule has 1 aromatic heterocycles. The van der Waals surface area contributed by atoms with Crippen LogP contribution in [0.15, 0.2) is 23.0 Å². The highest BCUT2D eigenvalue weighted by atomic mass is 16.5. The van der Waals surface area contributed by atoms with Crippen molar-refractivity contribution >= 4 is 0 Å². The Hall–Kier alpha value is -0.840. The van der Waals surface area contributed by atoms with Crippen molar-refractivity contribution < 1.29 is 13.9 Å². The number of hydrogen-bond donors (Lipinski definition) is 1. The molecule has 1 atom stereocenters. The van der Waals surface area contributed by atoms with E-state index in [1.54, 1.807) is 12.5 Å². The second kappa shape index (κ2) is 8.33. The molecule has 0 saturated heterocycles. The van der Waals surface area contributed by atoms with Gasteiger partial charge < -0.3 is 19.2 Å². The highest BCUT2D eigenvalue weighted by Crippen LogP contribution is 1.98. The van der Waals surface area contributed by atoms with Crippen molar-refractivity contribution in [2.24, 2.45) is 0 Å². The van der Waals surface area contributed by atoms with E-state index in [2.05, 4.69) is 5.32 Å². The molecule has 0 spiro atoms. The lowest BCUT2D eigenvalue weighted by Crippen LogP contribution is -2.24. The smallest absolute Gasteiger partial charge is 0.0947 e. The predicted octanol–water partition coefficient (Wildman–Crippen LogP) is 1.81. The average molecular weight is 227 g/mol. The lowest BCUT2D eigenvalue weighted by Gasteiger charge is -2.12. The lowest BCUT2D eigenvalue weighted by atomic mass is 10.3. The van der Waals surface area contributed by atoms with E-state index < -0.39 is 0 Å². The highest BCUT2D eigenvalue weighted by Gasteiger charge is 2.00. The number of nitrogens with one attached hydrogen (secondary N) is 1. The SMILES string of the molecule is CCOCC(C)OCCNCc1ccoc1. The predicted molar refractivity (Wildman–Crippen MR) is 62.3 cm³/mol. The number of hydrogen-bond acceptors (Lipinski definition) is 4. The van der Waals surface area contributed by atoms with Crippen LogP contribution in [-0.4, -0.2) is 32.5 Å². The van der Waals surface area contributed by atoms with E-state index in [0.29, 0.717) is 13.2 Å². The Morgan fingerprint density at radius 1 is 1.50 bits per heavy atom. The zero-order valence-corrected chi connectivity index (χ0v) is 10.1. The van der Waals surface area contributed by atoms with E-state index in [1.165, 1.54) is 0 Å². The van der Waals surface area contributed by atoms with Gasteiger partial charge in [-0.25, -0.2) is 0 Å². The van der Waals surface area contributed by atoms with Crippen LogP contribution in [0.25, 0.3) is 0 Å². The highest BCUT2D eigenvalue weighted by molar-refractivity contribution is 5.04. The van der Waals surface area contributed by atoms with Gasteiger partial charge in [0.05, 0.1) is 31.8 Å². The largest absolute Gasteiger partial charge is 0.472 e. The fraction of sp³-hybridized carbons (Fsp3) is 0.667. The van der Waals surface area contributed by atoms with Crippen molar-refractivity contribution in [3.8, 4) is 0 Å². The molecule has 1 aromatic rings. The van der Waals surface area contributed by atoms with Gasteiger partial charge >= 0.3 is 0 Å². The number of furan rings is 1. The standard InChI is InChI=1S/C12H21NO3/c1-3-14-9-11(2)16-7-5-13-8-12-4-6-15-10-12/h4,6,10-11,13H,3,5,7-9H2,1-2H3. The Kier molecular flexibility index (Phi) is 6.88. The molecule has 0 aliphatic carbocycles. The minimum absolute atomic E-state index is 0.163. The van der Waals surface area contributed by atoms with E-state index >= 15 is 0 Å². The second-order valence-corrected chi connectivity index (χ2v) is 3.65. The number of ether oxygens (including phenoxy) is 2. The van der Waals surface area contributed by atoms with Crippen LogP contribution in [0, 0.1) is 0 Å². The van der Waals surface area contributed by atoms with Gasteiger partial charge in [0, 0.05) is 25.3 Å². The molecular weight excluding hydrogens is 206 g/mol. The molecule has 0 amide bonds. The Bertz CT molecular complexity index is 249. The third-order valence-electron chi connectivity index (χ3n) is 2.15. The maximum absolute atomic E-state index is 5.55. The molecule has 1 rings (SSSR count). The van der Waals surface area contributed by atoms with Gasteiger partial charge in [0.25, 0.3) is 0 Å². The van der Waals surface area contributed by atoms with Gasteiger partial charge in [0.2, 0.25) is 0 Å². The molecule has 0 fully saturated rings. The topological polar surface area (TPSA) is 43.6 Å². The van der Waals surface area contributed by atoms with Gasteiger partial charge in [0.1, 0.15) is 0 Å². The molecule has 1 N–H and O–H groups in total. The fourth-order valence-corrected chi connectivity index (χ4v) is 1.29. The van der Waals surface area contributed by atoms with E-state index in [9.17, 15) is 0 Å². The van der Waals surface area contributed by atoms with E-state index in [4.69, 9.17) is 13.9 Å². The molecule has 4 nitrogen and oxygen atoms in total. The first-order chi connectivity index (χ1) is 7.83. The molecule has 0 aromatic carbocycles. The van der Waals surface area contributed by atoms with Crippen LogP contribution in [0.3, 0.4) is 0 Å². The van der Waals surface area contributed by atoms with Crippen LogP contribution in [0.1, 0.15) is 19.4 Å². The first-order valence-corrected chi connectivity index (χ1v) is 5.74. The van der Waals surface area contributed by atoms with Crippen molar-refractivity contribution in [2.45, 2.75) is 26.5 Å². The molecule has 1 heterocycles. The van der Waals surface area contributed by atoms with Crippen molar-refractivity contribution in [2.75, 3.05) is 26.4 Å². The third-order valence-corrected chi connectivity index (χ3v) is 2.15. The Balaban J connectivity index is 1.91. The zero-order valence-electron chi connectivity index (χ0n) is 10.1. The van der Waals surface area contributed by atoms with Crippen LogP contribution in [0.2, 0.25) is 0 Å². The normalized spacial score (nSPS) is 12.9. The fourth-order valence-electron chi connectivity index (χ4n) is 1.29. The summed E-state index contributed by atoms with van der Waals surface area (Å²) in [5.74, 6) is 0. The molecule has 4 heteroatoms. The average Bonchev–Trinajstić information content (AvgIpc) is 2.79. The molecular formula is C12H21NO3. The third kappa shape index (κ3) is 5.90. The van der Waals surface area contributed by atoms with Crippen molar-refractivity contribution in [3.63, 3.8) is 0 Å². The van der Waals surface area contributed by atoms with E-state index in [-0.39, 0.29) is 6.10 Å². The monoisotopic (exact) mass is 227 g/mol.